The highest BCUT2D eigenvalue weighted by atomic mass is 16.5. The molecule has 1 fully saturated rings. The molecule has 17 heavy (non-hydrogen) atoms. The van der Waals surface area contributed by atoms with Gasteiger partial charge in [-0.05, 0) is 37.5 Å². The molecule has 1 N–H and O–H groups in total. The number of ether oxygens (including phenoxy) is 2. The van der Waals surface area contributed by atoms with Crippen LogP contribution in [-0.2, 0) is 0 Å². The van der Waals surface area contributed by atoms with E-state index >= 15 is 0 Å². The highest BCUT2D eigenvalue weighted by Crippen LogP contribution is 2.37. The van der Waals surface area contributed by atoms with Crippen LogP contribution in [0.1, 0.15) is 37.8 Å². The number of rotatable bonds is 5. The summed E-state index contributed by atoms with van der Waals surface area (Å²) in [7, 11) is 0. The number of hydrogen-bond donors (Lipinski definition) is 1. The fourth-order valence-corrected chi connectivity index (χ4v) is 2.18. The topological polar surface area (TPSA) is 30.5 Å². The van der Waals surface area contributed by atoms with Crippen LogP contribution in [0.4, 0.5) is 0 Å². The zero-order chi connectivity index (χ0) is 11.7. The maximum atomic E-state index is 5.68. The summed E-state index contributed by atoms with van der Waals surface area (Å²) in [5.41, 5.74) is 1.26. The molecule has 1 aliphatic heterocycles. The van der Waals surface area contributed by atoms with Crippen LogP contribution >= 0.6 is 0 Å². The van der Waals surface area contributed by atoms with Crippen LogP contribution in [0, 0.1) is 0 Å². The molecule has 3 rings (SSSR count). The Kier molecular flexibility index (Phi) is 2.93. The Morgan fingerprint density at radius 2 is 2.29 bits per heavy atom. The maximum Gasteiger partial charge on any atom is 0.124 e. The summed E-state index contributed by atoms with van der Waals surface area (Å²) < 4.78 is 11.3. The first-order chi connectivity index (χ1) is 8.36. The molecule has 1 atom stereocenters. The van der Waals surface area contributed by atoms with Crippen molar-refractivity contribution in [3.05, 3.63) is 23.8 Å². The lowest BCUT2D eigenvalue weighted by Crippen LogP contribution is -2.24. The van der Waals surface area contributed by atoms with Crippen molar-refractivity contribution < 1.29 is 9.47 Å². The Balaban J connectivity index is 1.74. The molecule has 1 heterocycles. The second-order valence-corrected chi connectivity index (χ2v) is 4.85. The lowest BCUT2D eigenvalue weighted by molar-refractivity contribution is 0.310. The highest BCUT2D eigenvalue weighted by Gasteiger charge is 2.30. The molecule has 0 spiro atoms. The number of nitrogens with one attached hydrogen (secondary N) is 1. The zero-order valence-electron chi connectivity index (χ0n) is 10.2. The van der Waals surface area contributed by atoms with E-state index in [-0.39, 0.29) is 0 Å². The third-order valence-corrected chi connectivity index (χ3v) is 3.25. The fourth-order valence-electron chi connectivity index (χ4n) is 2.18. The van der Waals surface area contributed by atoms with Gasteiger partial charge in [-0.1, -0.05) is 6.92 Å². The first-order valence-electron chi connectivity index (χ1n) is 6.52. The Labute approximate surface area is 102 Å². The van der Waals surface area contributed by atoms with E-state index in [9.17, 15) is 0 Å². The minimum Gasteiger partial charge on any atom is -0.494 e. The lowest BCUT2D eigenvalue weighted by atomic mass is 10.1. The Morgan fingerprint density at radius 3 is 3.06 bits per heavy atom. The van der Waals surface area contributed by atoms with Crippen molar-refractivity contribution >= 4 is 0 Å². The van der Waals surface area contributed by atoms with Gasteiger partial charge in [0, 0.05) is 11.6 Å². The average molecular weight is 233 g/mol. The minimum atomic E-state index is 0.350. The third kappa shape index (κ3) is 2.39. The predicted molar refractivity (Wildman–Crippen MR) is 66.6 cm³/mol. The van der Waals surface area contributed by atoms with Gasteiger partial charge in [-0.2, -0.15) is 0 Å². The molecule has 1 aromatic rings. The van der Waals surface area contributed by atoms with E-state index in [1.807, 2.05) is 12.1 Å². The molecule has 0 radical (unpaired) electrons. The molecule has 1 saturated carbocycles. The van der Waals surface area contributed by atoms with E-state index in [0.29, 0.717) is 12.1 Å². The predicted octanol–water partition coefficient (Wildman–Crippen LogP) is 2.66. The standard InChI is InChI=1S/C14H19NO2/c1-2-7-16-11-5-6-14-12(8-11)13(9-17-14)15-10-3-4-10/h5-6,8,10,13,15H,2-4,7,9H2,1H3. The van der Waals surface area contributed by atoms with Gasteiger partial charge in [0.2, 0.25) is 0 Å². The summed E-state index contributed by atoms with van der Waals surface area (Å²) in [4.78, 5) is 0. The van der Waals surface area contributed by atoms with Crippen molar-refractivity contribution in [1.82, 2.24) is 5.32 Å². The van der Waals surface area contributed by atoms with Crippen LogP contribution in [-0.4, -0.2) is 19.3 Å². The third-order valence-electron chi connectivity index (χ3n) is 3.25. The summed E-state index contributed by atoms with van der Waals surface area (Å²) in [5, 5.41) is 3.61. The lowest BCUT2D eigenvalue weighted by Gasteiger charge is -2.11. The van der Waals surface area contributed by atoms with Crippen LogP contribution in [0.5, 0.6) is 11.5 Å². The van der Waals surface area contributed by atoms with Crippen LogP contribution in [0.2, 0.25) is 0 Å². The zero-order valence-corrected chi connectivity index (χ0v) is 10.2. The van der Waals surface area contributed by atoms with Crippen molar-refractivity contribution in [2.24, 2.45) is 0 Å². The number of benzene rings is 1. The molecule has 1 aliphatic carbocycles. The van der Waals surface area contributed by atoms with Crippen molar-refractivity contribution in [2.45, 2.75) is 38.3 Å². The smallest absolute Gasteiger partial charge is 0.124 e. The summed E-state index contributed by atoms with van der Waals surface area (Å²) >= 11 is 0. The van der Waals surface area contributed by atoms with Gasteiger partial charge < -0.3 is 14.8 Å². The van der Waals surface area contributed by atoms with Gasteiger partial charge in [0.1, 0.15) is 18.1 Å². The largest absolute Gasteiger partial charge is 0.494 e. The molecular weight excluding hydrogens is 214 g/mol. The molecule has 0 bridgehead atoms. The summed E-state index contributed by atoms with van der Waals surface area (Å²) in [6.07, 6.45) is 3.65. The van der Waals surface area contributed by atoms with E-state index in [4.69, 9.17) is 9.47 Å². The van der Waals surface area contributed by atoms with Crippen LogP contribution < -0.4 is 14.8 Å². The van der Waals surface area contributed by atoms with Gasteiger partial charge in [-0.15, -0.1) is 0 Å². The molecule has 92 valence electrons. The van der Waals surface area contributed by atoms with Crippen molar-refractivity contribution in [1.29, 1.82) is 0 Å². The molecule has 3 nitrogen and oxygen atoms in total. The number of fused-ring (bicyclic) bond motifs is 1. The van der Waals surface area contributed by atoms with Crippen molar-refractivity contribution in [2.75, 3.05) is 13.2 Å². The van der Waals surface area contributed by atoms with E-state index in [0.717, 1.165) is 31.1 Å². The van der Waals surface area contributed by atoms with Crippen molar-refractivity contribution in [3.63, 3.8) is 0 Å². The Hall–Kier alpha value is -1.22. The molecular formula is C14H19NO2. The van der Waals surface area contributed by atoms with Gasteiger partial charge in [-0.25, -0.2) is 0 Å². The summed E-state index contributed by atoms with van der Waals surface area (Å²) in [5.74, 6) is 1.96. The van der Waals surface area contributed by atoms with Crippen LogP contribution in [0.25, 0.3) is 0 Å². The maximum absolute atomic E-state index is 5.68. The Morgan fingerprint density at radius 1 is 1.41 bits per heavy atom. The highest BCUT2D eigenvalue weighted by molar-refractivity contribution is 5.44. The van der Waals surface area contributed by atoms with Crippen LogP contribution in [0.15, 0.2) is 18.2 Å². The average Bonchev–Trinajstić information content (AvgIpc) is 3.08. The first kappa shape index (κ1) is 10.9. The fraction of sp³-hybridized carbons (Fsp3) is 0.571. The SMILES string of the molecule is CCCOc1ccc2c(c1)C(NC1CC1)CO2. The molecule has 1 aromatic carbocycles. The van der Waals surface area contributed by atoms with Gasteiger partial charge in [0.15, 0.2) is 0 Å². The summed E-state index contributed by atoms with van der Waals surface area (Å²) in [6.45, 7) is 3.65. The van der Waals surface area contributed by atoms with E-state index in [2.05, 4.69) is 18.3 Å². The van der Waals surface area contributed by atoms with Crippen molar-refractivity contribution in [3.8, 4) is 11.5 Å². The van der Waals surface area contributed by atoms with E-state index in [1.165, 1.54) is 18.4 Å². The summed E-state index contributed by atoms with van der Waals surface area (Å²) in [6, 6.07) is 7.19. The van der Waals surface area contributed by atoms with Gasteiger partial charge in [0.05, 0.1) is 12.6 Å². The first-order valence-corrected chi connectivity index (χ1v) is 6.52. The molecule has 0 aromatic heterocycles. The van der Waals surface area contributed by atoms with Gasteiger partial charge in [0.25, 0.3) is 0 Å². The minimum absolute atomic E-state index is 0.350. The second-order valence-electron chi connectivity index (χ2n) is 4.85. The molecule has 2 aliphatic rings. The number of hydrogen-bond acceptors (Lipinski definition) is 3. The van der Waals surface area contributed by atoms with Gasteiger partial charge >= 0.3 is 0 Å². The molecule has 0 saturated heterocycles. The molecule has 1 unspecified atom stereocenters. The quantitative estimate of drug-likeness (QED) is 0.848. The molecule has 3 heteroatoms. The second kappa shape index (κ2) is 4.57. The molecule has 0 amide bonds. The van der Waals surface area contributed by atoms with E-state index < -0.39 is 0 Å². The van der Waals surface area contributed by atoms with Gasteiger partial charge in [-0.3, -0.25) is 0 Å². The normalized spacial score (nSPS) is 22.1. The monoisotopic (exact) mass is 233 g/mol. The Bertz CT molecular complexity index is 401. The van der Waals surface area contributed by atoms with Crippen LogP contribution in [0.3, 0.4) is 0 Å². The van der Waals surface area contributed by atoms with E-state index in [1.54, 1.807) is 0 Å².